The molecule has 162 valence electrons. The summed E-state index contributed by atoms with van der Waals surface area (Å²) < 4.78 is 5.31. The van der Waals surface area contributed by atoms with E-state index in [0.29, 0.717) is 6.61 Å². The molecule has 2 atom stereocenters. The maximum absolute atomic E-state index is 9.48. The van der Waals surface area contributed by atoms with Crippen LogP contribution in [0.1, 0.15) is 73.1 Å². The van der Waals surface area contributed by atoms with Crippen LogP contribution >= 0.6 is 0 Å². The Hall–Kier alpha value is -1.20. The molecule has 4 heteroatoms. The number of rotatable bonds is 15. The summed E-state index contributed by atoms with van der Waals surface area (Å²) in [5, 5.41) is 27.5. The van der Waals surface area contributed by atoms with Gasteiger partial charge in [0.05, 0.1) is 19.8 Å². The molecular formula is C24H42O4. The van der Waals surface area contributed by atoms with E-state index in [9.17, 15) is 10.2 Å². The van der Waals surface area contributed by atoms with Crippen LogP contribution in [0.5, 0.6) is 0 Å². The number of hydrogen-bond acceptors (Lipinski definition) is 4. The largest absolute Gasteiger partial charge is 0.394 e. The van der Waals surface area contributed by atoms with E-state index in [1.54, 1.807) is 0 Å². The highest BCUT2D eigenvalue weighted by molar-refractivity contribution is 5.07. The van der Waals surface area contributed by atoms with Crippen molar-refractivity contribution in [2.75, 3.05) is 19.8 Å². The number of ether oxygens (including phenoxy) is 1. The van der Waals surface area contributed by atoms with Crippen LogP contribution in [0.3, 0.4) is 0 Å². The van der Waals surface area contributed by atoms with E-state index < -0.39 is 18.8 Å². The molecule has 0 amide bonds. The number of allylic oxidation sites excluding steroid dienone is 7. The van der Waals surface area contributed by atoms with Gasteiger partial charge in [0.15, 0.2) is 0 Å². The SMILES string of the molecule is CC(C)=CCCC(C)=CCCC(C)=CCCC(C)=CCOC[C@H](O)[C@H](O)CO. The first-order valence-electron chi connectivity index (χ1n) is 10.4. The fourth-order valence-corrected chi connectivity index (χ4v) is 2.61. The summed E-state index contributed by atoms with van der Waals surface area (Å²) in [6.45, 7) is 10.7. The van der Waals surface area contributed by atoms with Crippen LogP contribution in [0.2, 0.25) is 0 Å². The molecule has 0 aliphatic rings. The number of aliphatic hydroxyl groups excluding tert-OH is 3. The molecule has 0 aliphatic carbocycles. The Morgan fingerprint density at radius 2 is 1.18 bits per heavy atom. The van der Waals surface area contributed by atoms with Crippen molar-refractivity contribution in [3.8, 4) is 0 Å². The average molecular weight is 395 g/mol. The van der Waals surface area contributed by atoms with E-state index in [0.717, 1.165) is 38.5 Å². The summed E-state index contributed by atoms with van der Waals surface area (Å²) in [6, 6.07) is 0. The zero-order valence-corrected chi connectivity index (χ0v) is 18.6. The Morgan fingerprint density at radius 3 is 1.64 bits per heavy atom. The molecule has 3 N–H and O–H groups in total. The van der Waals surface area contributed by atoms with Crippen LogP contribution in [-0.2, 0) is 4.74 Å². The molecule has 0 aromatic heterocycles. The second kappa shape index (κ2) is 16.7. The van der Waals surface area contributed by atoms with E-state index in [-0.39, 0.29) is 6.61 Å². The lowest BCUT2D eigenvalue weighted by Gasteiger charge is -2.14. The molecule has 0 aromatic rings. The molecule has 0 heterocycles. The van der Waals surface area contributed by atoms with Gasteiger partial charge in [-0.05, 0) is 73.1 Å². The molecule has 0 spiro atoms. The van der Waals surface area contributed by atoms with Gasteiger partial charge in [-0.15, -0.1) is 0 Å². The molecule has 0 aromatic carbocycles. The van der Waals surface area contributed by atoms with Crippen LogP contribution in [-0.4, -0.2) is 47.3 Å². The predicted molar refractivity (Wildman–Crippen MR) is 118 cm³/mol. The van der Waals surface area contributed by atoms with Crippen molar-refractivity contribution in [3.05, 3.63) is 46.6 Å². The monoisotopic (exact) mass is 394 g/mol. The normalized spacial score (nSPS) is 15.5. The molecule has 0 fully saturated rings. The minimum atomic E-state index is -1.14. The van der Waals surface area contributed by atoms with Crippen molar-refractivity contribution in [1.29, 1.82) is 0 Å². The average Bonchev–Trinajstić information content (AvgIpc) is 2.64. The maximum Gasteiger partial charge on any atom is 0.105 e. The first-order chi connectivity index (χ1) is 13.3. The van der Waals surface area contributed by atoms with Gasteiger partial charge in [0.25, 0.3) is 0 Å². The van der Waals surface area contributed by atoms with Gasteiger partial charge < -0.3 is 20.1 Å². The van der Waals surface area contributed by atoms with E-state index in [2.05, 4.69) is 52.8 Å². The second-order valence-corrected chi connectivity index (χ2v) is 7.90. The third kappa shape index (κ3) is 15.8. The van der Waals surface area contributed by atoms with E-state index >= 15 is 0 Å². The van der Waals surface area contributed by atoms with Crippen LogP contribution in [0, 0.1) is 0 Å². The van der Waals surface area contributed by atoms with Crippen LogP contribution in [0.15, 0.2) is 46.6 Å². The lowest BCUT2D eigenvalue weighted by Crippen LogP contribution is -2.33. The van der Waals surface area contributed by atoms with Crippen molar-refractivity contribution < 1.29 is 20.1 Å². The molecule has 0 bridgehead atoms. The first kappa shape index (κ1) is 26.8. The highest BCUT2D eigenvalue weighted by Crippen LogP contribution is 2.13. The maximum atomic E-state index is 9.48. The van der Waals surface area contributed by atoms with E-state index in [1.807, 2.05) is 6.08 Å². The summed E-state index contributed by atoms with van der Waals surface area (Å²) in [5.74, 6) is 0. The van der Waals surface area contributed by atoms with Gasteiger partial charge in [-0.3, -0.25) is 0 Å². The Kier molecular flexibility index (Phi) is 16.0. The summed E-state index contributed by atoms with van der Waals surface area (Å²) in [5.41, 5.74) is 5.54. The molecule has 0 unspecified atom stereocenters. The summed E-state index contributed by atoms with van der Waals surface area (Å²) in [7, 11) is 0. The minimum Gasteiger partial charge on any atom is -0.394 e. The van der Waals surface area contributed by atoms with Gasteiger partial charge >= 0.3 is 0 Å². The summed E-state index contributed by atoms with van der Waals surface area (Å²) >= 11 is 0. The molecule has 0 rings (SSSR count). The van der Waals surface area contributed by atoms with Crippen molar-refractivity contribution in [2.24, 2.45) is 0 Å². The van der Waals surface area contributed by atoms with Gasteiger partial charge in [0.1, 0.15) is 12.2 Å². The second-order valence-electron chi connectivity index (χ2n) is 7.90. The van der Waals surface area contributed by atoms with Gasteiger partial charge in [0, 0.05) is 0 Å². The fourth-order valence-electron chi connectivity index (χ4n) is 2.61. The topological polar surface area (TPSA) is 69.9 Å². The van der Waals surface area contributed by atoms with Crippen LogP contribution in [0.25, 0.3) is 0 Å². The summed E-state index contributed by atoms with van der Waals surface area (Å²) in [4.78, 5) is 0. The van der Waals surface area contributed by atoms with E-state index in [1.165, 1.54) is 22.3 Å². The molecule has 28 heavy (non-hydrogen) atoms. The van der Waals surface area contributed by atoms with E-state index in [4.69, 9.17) is 9.84 Å². The molecule has 0 radical (unpaired) electrons. The van der Waals surface area contributed by atoms with Crippen molar-refractivity contribution in [2.45, 2.75) is 85.4 Å². The zero-order chi connectivity index (χ0) is 21.4. The lowest BCUT2D eigenvalue weighted by molar-refractivity contribution is -0.0527. The van der Waals surface area contributed by atoms with Gasteiger partial charge in [0.2, 0.25) is 0 Å². The zero-order valence-electron chi connectivity index (χ0n) is 18.6. The molecular weight excluding hydrogens is 352 g/mol. The van der Waals surface area contributed by atoms with Gasteiger partial charge in [-0.1, -0.05) is 46.6 Å². The standard InChI is InChI=1S/C24H42O4/c1-19(2)9-6-10-20(3)11-7-12-21(4)13-8-14-22(5)15-16-28-18-24(27)23(26)17-25/h9,11,13,15,23-27H,6-8,10,12,14,16-18H2,1-5H3/t23-,24+/m1/s1. The molecule has 4 nitrogen and oxygen atoms in total. The first-order valence-corrected chi connectivity index (χ1v) is 10.4. The van der Waals surface area contributed by atoms with Crippen LogP contribution < -0.4 is 0 Å². The number of aliphatic hydroxyl groups is 3. The Labute approximate surface area is 172 Å². The molecule has 0 saturated carbocycles. The lowest BCUT2D eigenvalue weighted by atomic mass is 10.0. The highest BCUT2D eigenvalue weighted by atomic mass is 16.5. The summed E-state index contributed by atoms with van der Waals surface area (Å²) in [6.07, 6.45) is 13.3. The molecule has 0 saturated heterocycles. The van der Waals surface area contributed by atoms with Crippen molar-refractivity contribution in [1.82, 2.24) is 0 Å². The quantitative estimate of drug-likeness (QED) is 0.274. The van der Waals surface area contributed by atoms with Gasteiger partial charge in [-0.2, -0.15) is 0 Å². The molecule has 0 aliphatic heterocycles. The predicted octanol–water partition coefficient (Wildman–Crippen LogP) is 4.86. The highest BCUT2D eigenvalue weighted by Gasteiger charge is 2.14. The third-order valence-electron chi connectivity index (χ3n) is 4.62. The Morgan fingerprint density at radius 1 is 0.714 bits per heavy atom. The fraction of sp³-hybridized carbons (Fsp3) is 0.667. The van der Waals surface area contributed by atoms with Gasteiger partial charge in [-0.25, -0.2) is 0 Å². The smallest absolute Gasteiger partial charge is 0.105 e. The van der Waals surface area contributed by atoms with Crippen molar-refractivity contribution >= 4 is 0 Å². The van der Waals surface area contributed by atoms with Crippen molar-refractivity contribution in [3.63, 3.8) is 0 Å². The third-order valence-corrected chi connectivity index (χ3v) is 4.62. The Balaban J connectivity index is 3.98. The Bertz CT molecular complexity index is 525. The van der Waals surface area contributed by atoms with Crippen LogP contribution in [0.4, 0.5) is 0 Å². The minimum absolute atomic E-state index is 0.0196. The number of hydrogen-bond donors (Lipinski definition) is 3.